The minimum atomic E-state index is -0.178. The Morgan fingerprint density at radius 2 is 2.04 bits per heavy atom. The molecule has 27 heavy (non-hydrogen) atoms. The monoisotopic (exact) mass is 367 g/mol. The predicted molar refractivity (Wildman–Crippen MR) is 109 cm³/mol. The normalized spacial score (nSPS) is 12.1. The predicted octanol–water partition coefficient (Wildman–Crippen LogP) is 3.05. The van der Waals surface area contributed by atoms with Crippen molar-refractivity contribution in [3.05, 3.63) is 52.6 Å². The second-order valence-electron chi connectivity index (χ2n) is 6.50. The molecule has 0 fully saturated rings. The smallest absolute Gasteiger partial charge is 0.262 e. The second-order valence-corrected chi connectivity index (χ2v) is 6.50. The molecule has 3 aromatic heterocycles. The van der Waals surface area contributed by atoms with Gasteiger partial charge in [-0.05, 0) is 55.5 Å². The standard InChI is InChI=1S/C20H25N5O2/c1-4-15(12-26)22-19-18-14(7-9-25(5-2)20(18)27)11-17(24-19)23-16-10-13(3)6-8-21-16/h6-11,15,26H,4-5,12H2,1-3H3,(H2,21,22,23,24). The number of nitrogens with zero attached hydrogens (tertiary/aromatic N) is 3. The molecule has 3 aromatic rings. The van der Waals surface area contributed by atoms with Crippen LogP contribution in [0.2, 0.25) is 0 Å². The van der Waals surface area contributed by atoms with Crippen molar-refractivity contribution in [3.8, 4) is 0 Å². The minimum Gasteiger partial charge on any atom is -0.394 e. The zero-order valence-electron chi connectivity index (χ0n) is 15.9. The molecule has 3 N–H and O–H groups in total. The second kappa shape index (κ2) is 8.18. The Morgan fingerprint density at radius 3 is 2.70 bits per heavy atom. The summed E-state index contributed by atoms with van der Waals surface area (Å²) in [5, 5.41) is 17.3. The van der Waals surface area contributed by atoms with Gasteiger partial charge in [0.25, 0.3) is 5.56 Å². The molecule has 3 heterocycles. The molecular formula is C20H25N5O2. The summed E-state index contributed by atoms with van der Waals surface area (Å²) < 4.78 is 1.64. The van der Waals surface area contributed by atoms with Crippen LogP contribution in [0, 0.1) is 6.92 Å². The van der Waals surface area contributed by atoms with Gasteiger partial charge in [0.2, 0.25) is 0 Å². The molecule has 1 unspecified atom stereocenters. The molecular weight excluding hydrogens is 342 g/mol. The van der Waals surface area contributed by atoms with Crippen LogP contribution >= 0.6 is 0 Å². The van der Waals surface area contributed by atoms with Crippen LogP contribution in [-0.2, 0) is 6.54 Å². The van der Waals surface area contributed by atoms with Gasteiger partial charge in [-0.1, -0.05) is 6.92 Å². The van der Waals surface area contributed by atoms with Gasteiger partial charge in [-0.2, -0.15) is 0 Å². The number of nitrogens with one attached hydrogen (secondary N) is 2. The third-order valence-electron chi connectivity index (χ3n) is 4.53. The number of rotatable bonds is 7. The first-order valence-electron chi connectivity index (χ1n) is 9.17. The number of aliphatic hydroxyl groups is 1. The van der Waals surface area contributed by atoms with Crippen molar-refractivity contribution in [1.29, 1.82) is 0 Å². The van der Waals surface area contributed by atoms with E-state index in [-0.39, 0.29) is 18.2 Å². The van der Waals surface area contributed by atoms with Crippen LogP contribution in [0.4, 0.5) is 17.5 Å². The minimum absolute atomic E-state index is 0.0361. The van der Waals surface area contributed by atoms with Crippen molar-refractivity contribution in [2.45, 2.75) is 39.8 Å². The highest BCUT2D eigenvalue weighted by Crippen LogP contribution is 2.25. The average Bonchev–Trinajstić information content (AvgIpc) is 2.66. The zero-order valence-corrected chi connectivity index (χ0v) is 15.9. The van der Waals surface area contributed by atoms with Crippen LogP contribution in [0.15, 0.2) is 41.5 Å². The highest BCUT2D eigenvalue weighted by molar-refractivity contribution is 5.93. The van der Waals surface area contributed by atoms with Crippen LogP contribution in [0.1, 0.15) is 25.8 Å². The largest absolute Gasteiger partial charge is 0.394 e. The molecule has 0 amide bonds. The van der Waals surface area contributed by atoms with Crippen molar-refractivity contribution < 1.29 is 5.11 Å². The Hall–Kier alpha value is -2.93. The summed E-state index contributed by atoms with van der Waals surface area (Å²) in [6, 6.07) is 7.42. The molecule has 0 saturated heterocycles. The molecule has 7 nitrogen and oxygen atoms in total. The van der Waals surface area contributed by atoms with E-state index in [0.29, 0.717) is 35.8 Å². The summed E-state index contributed by atoms with van der Waals surface area (Å²) in [7, 11) is 0. The third-order valence-corrected chi connectivity index (χ3v) is 4.53. The molecule has 0 aromatic carbocycles. The van der Waals surface area contributed by atoms with Crippen molar-refractivity contribution >= 4 is 28.2 Å². The first-order valence-corrected chi connectivity index (χ1v) is 9.17. The molecule has 7 heteroatoms. The number of aryl methyl sites for hydroxylation is 2. The van der Waals surface area contributed by atoms with Crippen LogP contribution in [0.3, 0.4) is 0 Å². The van der Waals surface area contributed by atoms with Gasteiger partial charge >= 0.3 is 0 Å². The van der Waals surface area contributed by atoms with E-state index >= 15 is 0 Å². The van der Waals surface area contributed by atoms with Gasteiger partial charge in [-0.15, -0.1) is 0 Å². The molecule has 0 bridgehead atoms. The van der Waals surface area contributed by atoms with Crippen molar-refractivity contribution in [2.24, 2.45) is 0 Å². The number of hydrogen-bond acceptors (Lipinski definition) is 6. The maximum absolute atomic E-state index is 12.8. The molecule has 3 rings (SSSR count). The summed E-state index contributed by atoms with van der Waals surface area (Å²) in [6.07, 6.45) is 4.23. The lowest BCUT2D eigenvalue weighted by molar-refractivity contribution is 0.271. The summed E-state index contributed by atoms with van der Waals surface area (Å²) in [5.74, 6) is 1.74. The zero-order chi connectivity index (χ0) is 19.4. The van der Waals surface area contributed by atoms with Gasteiger partial charge in [0, 0.05) is 18.9 Å². The molecule has 0 spiro atoms. The van der Waals surface area contributed by atoms with Gasteiger partial charge in [0.05, 0.1) is 18.0 Å². The molecule has 142 valence electrons. The number of hydrogen-bond donors (Lipinski definition) is 3. The van der Waals surface area contributed by atoms with E-state index < -0.39 is 0 Å². The molecule has 1 atom stereocenters. The van der Waals surface area contributed by atoms with Gasteiger partial charge in [0.1, 0.15) is 17.5 Å². The molecule has 0 radical (unpaired) electrons. The fourth-order valence-corrected chi connectivity index (χ4v) is 2.93. The Bertz CT molecular complexity index is 995. The molecule has 0 aliphatic heterocycles. The van der Waals surface area contributed by atoms with E-state index in [9.17, 15) is 9.90 Å². The lowest BCUT2D eigenvalue weighted by atomic mass is 10.1. The fraction of sp³-hybridized carbons (Fsp3) is 0.350. The van der Waals surface area contributed by atoms with E-state index in [0.717, 1.165) is 10.9 Å². The highest BCUT2D eigenvalue weighted by atomic mass is 16.3. The number of anilines is 3. The maximum Gasteiger partial charge on any atom is 0.262 e. The molecule has 0 aliphatic rings. The van der Waals surface area contributed by atoms with E-state index in [1.54, 1.807) is 17.0 Å². The first kappa shape index (κ1) is 18.8. The van der Waals surface area contributed by atoms with Gasteiger partial charge in [0.15, 0.2) is 0 Å². The highest BCUT2D eigenvalue weighted by Gasteiger charge is 2.15. The van der Waals surface area contributed by atoms with Crippen LogP contribution in [0.25, 0.3) is 10.8 Å². The SMILES string of the molecule is CCC(CO)Nc1nc(Nc2cc(C)ccn2)cc2ccn(CC)c(=O)c12. The van der Waals surface area contributed by atoms with E-state index in [1.807, 2.05) is 45.0 Å². The average molecular weight is 367 g/mol. The van der Waals surface area contributed by atoms with Crippen LogP contribution < -0.4 is 16.2 Å². The van der Waals surface area contributed by atoms with Crippen molar-refractivity contribution in [2.75, 3.05) is 17.2 Å². The summed E-state index contributed by atoms with van der Waals surface area (Å²) in [4.78, 5) is 21.8. The quantitative estimate of drug-likeness (QED) is 0.594. The first-order chi connectivity index (χ1) is 13.0. The van der Waals surface area contributed by atoms with E-state index in [1.165, 1.54) is 0 Å². The summed E-state index contributed by atoms with van der Waals surface area (Å²) in [5.41, 5.74) is 0.988. The number of aromatic nitrogens is 3. The number of pyridine rings is 3. The lowest BCUT2D eigenvalue weighted by Crippen LogP contribution is -2.26. The summed E-state index contributed by atoms with van der Waals surface area (Å²) >= 11 is 0. The Balaban J connectivity index is 2.12. The van der Waals surface area contributed by atoms with Crippen molar-refractivity contribution in [3.63, 3.8) is 0 Å². The Labute approximate surface area is 158 Å². The lowest BCUT2D eigenvalue weighted by Gasteiger charge is -2.18. The fourth-order valence-electron chi connectivity index (χ4n) is 2.93. The topological polar surface area (TPSA) is 92.1 Å². The third kappa shape index (κ3) is 4.09. The van der Waals surface area contributed by atoms with Gasteiger partial charge in [-0.25, -0.2) is 9.97 Å². The van der Waals surface area contributed by atoms with Crippen LogP contribution in [0.5, 0.6) is 0 Å². The van der Waals surface area contributed by atoms with Crippen LogP contribution in [-0.4, -0.2) is 32.3 Å². The number of fused-ring (bicyclic) bond motifs is 1. The Kier molecular flexibility index (Phi) is 5.71. The van der Waals surface area contributed by atoms with Crippen molar-refractivity contribution in [1.82, 2.24) is 14.5 Å². The van der Waals surface area contributed by atoms with Gasteiger partial charge in [-0.3, -0.25) is 4.79 Å². The Morgan fingerprint density at radius 1 is 1.22 bits per heavy atom. The maximum atomic E-state index is 12.8. The van der Waals surface area contributed by atoms with Gasteiger partial charge < -0.3 is 20.3 Å². The molecule has 0 saturated carbocycles. The molecule has 0 aliphatic carbocycles. The van der Waals surface area contributed by atoms with E-state index in [4.69, 9.17) is 0 Å². The van der Waals surface area contributed by atoms with E-state index in [2.05, 4.69) is 20.6 Å². The number of aliphatic hydroxyl groups excluding tert-OH is 1. The summed E-state index contributed by atoms with van der Waals surface area (Å²) in [6.45, 7) is 6.44.